The van der Waals surface area contributed by atoms with Gasteiger partial charge in [0.05, 0.1) is 16.1 Å². The van der Waals surface area contributed by atoms with Gasteiger partial charge in [-0.2, -0.15) is 0 Å². The lowest BCUT2D eigenvalue weighted by atomic mass is 9.81. The number of hydrogen-bond donors (Lipinski definition) is 6. The molecule has 1 saturated carbocycles. The Morgan fingerprint density at radius 1 is 0.957 bits per heavy atom. The number of anilines is 1. The smallest absolute Gasteiger partial charge is 0.323 e. The van der Waals surface area contributed by atoms with Crippen molar-refractivity contribution < 1.29 is 14.4 Å². The molecule has 1 fully saturated rings. The van der Waals surface area contributed by atoms with Crippen LogP contribution < -0.4 is 27.4 Å². The van der Waals surface area contributed by atoms with Crippen molar-refractivity contribution in [1.29, 1.82) is 0 Å². The maximum absolute atomic E-state index is 13.7. The van der Waals surface area contributed by atoms with Crippen LogP contribution in [0.1, 0.15) is 61.0 Å². The minimum Gasteiger partial charge on any atom is -0.350 e. The number of hydrogen-bond acceptors (Lipinski definition) is 5. The molecule has 0 bridgehead atoms. The van der Waals surface area contributed by atoms with E-state index in [1.807, 2.05) is 63.2 Å². The molecule has 3 amide bonds. The quantitative estimate of drug-likeness (QED) is 0.131. The maximum atomic E-state index is 13.7. The van der Waals surface area contributed by atoms with Gasteiger partial charge < -0.3 is 31.7 Å². The van der Waals surface area contributed by atoms with E-state index >= 15 is 0 Å². The third-order valence-corrected chi connectivity index (χ3v) is 8.94. The van der Waals surface area contributed by atoms with Gasteiger partial charge in [-0.1, -0.05) is 41.9 Å². The Bertz CT molecular complexity index is 1790. The molecule has 0 spiro atoms. The highest BCUT2D eigenvalue weighted by molar-refractivity contribution is 6.35. The number of halogens is 2. The van der Waals surface area contributed by atoms with E-state index in [2.05, 4.69) is 25.9 Å². The predicted molar refractivity (Wildman–Crippen MR) is 189 cm³/mol. The van der Waals surface area contributed by atoms with Crippen LogP contribution in [0, 0.1) is 18.8 Å². The molecule has 10 nitrogen and oxygen atoms in total. The molecule has 1 aliphatic rings. The molecule has 250 valence electrons. The van der Waals surface area contributed by atoms with Crippen molar-refractivity contribution in [2.75, 3.05) is 11.9 Å². The van der Waals surface area contributed by atoms with Crippen molar-refractivity contribution in [2.24, 2.45) is 17.6 Å². The first-order chi connectivity index (χ1) is 22.0. The number of nitrogens with two attached hydrogens (primary N) is 1. The highest BCUT2D eigenvalue weighted by Crippen LogP contribution is 2.29. The van der Waals surface area contributed by atoms with E-state index in [1.165, 1.54) is 0 Å². The third kappa shape index (κ3) is 8.82. The Morgan fingerprint density at radius 2 is 1.66 bits per heavy atom. The minimum atomic E-state index is -0.856. The van der Waals surface area contributed by atoms with E-state index in [-0.39, 0.29) is 47.6 Å². The number of amides is 3. The lowest BCUT2D eigenvalue weighted by Gasteiger charge is -2.28. The molecule has 5 rings (SSSR count). The summed E-state index contributed by atoms with van der Waals surface area (Å²) in [5.41, 5.74) is 11.2. The van der Waals surface area contributed by atoms with Gasteiger partial charge in [0.1, 0.15) is 6.04 Å². The molecular weight excluding hydrogens is 639 g/mol. The fourth-order valence-corrected chi connectivity index (χ4v) is 6.36. The Labute approximate surface area is 285 Å². The van der Waals surface area contributed by atoms with Gasteiger partial charge >= 0.3 is 5.69 Å². The second kappa shape index (κ2) is 15.6. The summed E-state index contributed by atoms with van der Waals surface area (Å²) >= 11 is 6.36. The molecule has 0 aliphatic heterocycles. The summed E-state index contributed by atoms with van der Waals surface area (Å²) in [7, 11) is 0. The Kier molecular flexibility index (Phi) is 11.9. The van der Waals surface area contributed by atoms with Crippen LogP contribution in [0.2, 0.25) is 5.02 Å². The molecule has 4 aromatic rings. The number of nitrogens with one attached hydrogen (secondary N) is 5. The van der Waals surface area contributed by atoms with Crippen molar-refractivity contribution in [3.63, 3.8) is 0 Å². The van der Waals surface area contributed by atoms with Gasteiger partial charge in [-0.05, 0) is 105 Å². The summed E-state index contributed by atoms with van der Waals surface area (Å²) in [6, 6.07) is 15.9. The van der Waals surface area contributed by atoms with Crippen LogP contribution in [0.15, 0.2) is 59.4 Å². The zero-order valence-corrected chi connectivity index (χ0v) is 28.3. The summed E-state index contributed by atoms with van der Waals surface area (Å²) in [6.07, 6.45) is 3.52. The Balaban J connectivity index is 0.00000500. The fraction of sp³-hybridized carbons (Fsp3) is 0.371. The number of aromatic amines is 2. The van der Waals surface area contributed by atoms with E-state index in [4.69, 9.17) is 17.3 Å². The SMILES string of the molecule is Cc1cc(C(=O)NC(C)C)ccc1-c1ccc(C[C@H](NC(=O)C2CCC(CN)CC2)C(=O)Nc2cc(Cl)c3[nH]c(=O)[nH]c3c2)cc1.Cl. The molecule has 1 aromatic heterocycles. The lowest BCUT2D eigenvalue weighted by Crippen LogP contribution is -2.48. The van der Waals surface area contributed by atoms with Crippen LogP contribution in [-0.4, -0.2) is 46.3 Å². The van der Waals surface area contributed by atoms with Crippen molar-refractivity contribution in [3.8, 4) is 11.1 Å². The van der Waals surface area contributed by atoms with Crippen LogP contribution in [0.5, 0.6) is 0 Å². The van der Waals surface area contributed by atoms with Gasteiger partial charge in [0.15, 0.2) is 0 Å². The van der Waals surface area contributed by atoms with Gasteiger partial charge in [-0.25, -0.2) is 4.79 Å². The van der Waals surface area contributed by atoms with Crippen LogP contribution in [0.4, 0.5) is 5.69 Å². The second-order valence-electron chi connectivity index (χ2n) is 12.5. The largest absolute Gasteiger partial charge is 0.350 e. The van der Waals surface area contributed by atoms with E-state index in [0.29, 0.717) is 34.7 Å². The van der Waals surface area contributed by atoms with Gasteiger partial charge in [0, 0.05) is 29.6 Å². The van der Waals surface area contributed by atoms with Gasteiger partial charge in [0.2, 0.25) is 11.8 Å². The monoisotopic (exact) mass is 680 g/mol. The molecule has 3 aromatic carbocycles. The van der Waals surface area contributed by atoms with Crippen LogP contribution >= 0.6 is 24.0 Å². The highest BCUT2D eigenvalue weighted by Gasteiger charge is 2.29. The molecular formula is C35H42Cl2N6O4. The van der Waals surface area contributed by atoms with Crippen molar-refractivity contribution in [3.05, 3.63) is 86.8 Å². The average molecular weight is 682 g/mol. The summed E-state index contributed by atoms with van der Waals surface area (Å²) in [6.45, 7) is 6.44. The lowest BCUT2D eigenvalue weighted by molar-refractivity contribution is -0.130. The second-order valence-corrected chi connectivity index (χ2v) is 12.9. The number of benzene rings is 3. The molecule has 1 atom stereocenters. The normalized spacial score (nSPS) is 16.7. The average Bonchev–Trinajstić information content (AvgIpc) is 3.41. The van der Waals surface area contributed by atoms with Crippen molar-refractivity contribution in [2.45, 2.75) is 65.0 Å². The summed E-state index contributed by atoms with van der Waals surface area (Å²) in [5, 5.41) is 9.09. The van der Waals surface area contributed by atoms with Gasteiger partial charge in [-0.3, -0.25) is 14.4 Å². The molecule has 0 saturated heterocycles. The molecule has 0 radical (unpaired) electrons. The van der Waals surface area contributed by atoms with E-state index in [9.17, 15) is 19.2 Å². The standard InChI is InChI=1S/C35H41ClN6O4.ClH/c1-19(2)38-33(44)25-12-13-27(20(3)14-25)23-8-4-21(5-9-23)15-30(40-32(43)24-10-6-22(18-37)7-11-24)34(45)39-26-16-28(36)31-29(17-26)41-35(46)42-31;/h4-5,8-9,12-14,16-17,19,22,24,30H,6-7,10-11,15,18,37H2,1-3H3,(H,38,44)(H,39,45)(H,40,43)(H2,41,42,46);1H/t22?,24?,30-;/m0./s1. The molecule has 7 N–H and O–H groups in total. The van der Waals surface area contributed by atoms with Crippen molar-refractivity contribution in [1.82, 2.24) is 20.6 Å². The number of rotatable bonds is 10. The molecule has 1 aliphatic carbocycles. The third-order valence-electron chi connectivity index (χ3n) is 8.64. The number of fused-ring (bicyclic) bond motifs is 1. The highest BCUT2D eigenvalue weighted by atomic mass is 35.5. The van der Waals surface area contributed by atoms with E-state index in [1.54, 1.807) is 12.1 Å². The number of aromatic nitrogens is 2. The zero-order chi connectivity index (χ0) is 33.0. The number of carbonyl (C=O) groups excluding carboxylic acids is 3. The number of imidazole rings is 1. The van der Waals surface area contributed by atoms with Crippen LogP contribution in [0.25, 0.3) is 22.2 Å². The molecule has 1 heterocycles. The predicted octanol–water partition coefficient (Wildman–Crippen LogP) is 5.48. The summed E-state index contributed by atoms with van der Waals surface area (Å²) in [5.74, 6) is -0.397. The van der Waals surface area contributed by atoms with E-state index < -0.39 is 17.6 Å². The number of carbonyl (C=O) groups is 3. The molecule has 47 heavy (non-hydrogen) atoms. The Morgan fingerprint density at radius 3 is 2.30 bits per heavy atom. The van der Waals surface area contributed by atoms with Crippen LogP contribution in [-0.2, 0) is 16.0 Å². The fourth-order valence-electron chi connectivity index (χ4n) is 6.09. The number of H-pyrrole nitrogens is 2. The first kappa shape index (κ1) is 35.7. The topological polar surface area (TPSA) is 162 Å². The molecule has 12 heteroatoms. The summed E-state index contributed by atoms with van der Waals surface area (Å²) < 4.78 is 0. The first-order valence-corrected chi connectivity index (χ1v) is 16.1. The van der Waals surface area contributed by atoms with Crippen LogP contribution in [0.3, 0.4) is 0 Å². The van der Waals surface area contributed by atoms with Gasteiger partial charge in [-0.15, -0.1) is 12.4 Å². The summed E-state index contributed by atoms with van der Waals surface area (Å²) in [4.78, 5) is 56.6. The first-order valence-electron chi connectivity index (χ1n) is 15.7. The maximum Gasteiger partial charge on any atom is 0.323 e. The van der Waals surface area contributed by atoms with Gasteiger partial charge in [0.25, 0.3) is 5.91 Å². The van der Waals surface area contributed by atoms with E-state index in [0.717, 1.165) is 47.9 Å². The molecule has 0 unspecified atom stereocenters. The number of aryl methyl sites for hydroxylation is 1. The zero-order valence-electron chi connectivity index (χ0n) is 26.7. The Hall–Kier alpha value is -4.12. The minimum absolute atomic E-state index is 0. The van der Waals surface area contributed by atoms with Crippen molar-refractivity contribution >= 4 is 58.5 Å².